The highest BCUT2D eigenvalue weighted by Crippen LogP contribution is 2.27. The first-order chi connectivity index (χ1) is 11.1. The predicted molar refractivity (Wildman–Crippen MR) is 85.6 cm³/mol. The van der Waals surface area contributed by atoms with Crippen LogP contribution in [0, 0.1) is 0 Å². The largest absolute Gasteiger partial charge is 0.493 e. The molecule has 0 bridgehead atoms. The average molecular weight is 335 g/mol. The zero-order valence-corrected chi connectivity index (χ0v) is 13.4. The van der Waals surface area contributed by atoms with Crippen LogP contribution in [0.2, 0.25) is 5.02 Å². The maximum Gasteiger partial charge on any atom is 0.338 e. The van der Waals surface area contributed by atoms with Crippen molar-refractivity contribution in [1.29, 1.82) is 0 Å². The summed E-state index contributed by atoms with van der Waals surface area (Å²) in [6.07, 6.45) is 0. The Balaban J connectivity index is 2.05. The highest BCUT2D eigenvalue weighted by molar-refractivity contribution is 6.34. The van der Waals surface area contributed by atoms with Gasteiger partial charge in [0.1, 0.15) is 0 Å². The third-order valence-electron chi connectivity index (χ3n) is 3.13. The molecule has 0 radical (unpaired) electrons. The second-order valence-electron chi connectivity index (χ2n) is 4.55. The van der Waals surface area contributed by atoms with Gasteiger partial charge in [-0.15, -0.1) is 0 Å². The van der Waals surface area contributed by atoms with Gasteiger partial charge in [-0.3, -0.25) is 4.79 Å². The van der Waals surface area contributed by atoms with Crippen LogP contribution >= 0.6 is 11.6 Å². The molecule has 2 aromatic carbocycles. The lowest BCUT2D eigenvalue weighted by Gasteiger charge is -2.09. The molecule has 120 valence electrons. The highest BCUT2D eigenvalue weighted by Gasteiger charge is 2.15. The van der Waals surface area contributed by atoms with Crippen molar-refractivity contribution in [3.05, 3.63) is 58.6 Å². The molecule has 5 nitrogen and oxygen atoms in total. The van der Waals surface area contributed by atoms with Crippen LogP contribution in [-0.2, 0) is 4.74 Å². The minimum absolute atomic E-state index is 0.259. The first-order valence-electron chi connectivity index (χ1n) is 6.73. The van der Waals surface area contributed by atoms with Crippen LogP contribution < -0.4 is 9.47 Å². The zero-order chi connectivity index (χ0) is 16.8. The first-order valence-corrected chi connectivity index (χ1v) is 7.11. The highest BCUT2D eigenvalue weighted by atomic mass is 35.5. The number of carbonyl (C=O) groups is 2. The summed E-state index contributed by atoms with van der Waals surface area (Å²) in [5.74, 6) is -0.105. The fourth-order valence-electron chi connectivity index (χ4n) is 1.94. The molecule has 0 atom stereocenters. The van der Waals surface area contributed by atoms with Crippen LogP contribution in [0.25, 0.3) is 0 Å². The molecule has 0 unspecified atom stereocenters. The molecule has 0 saturated carbocycles. The number of methoxy groups -OCH3 is 2. The van der Waals surface area contributed by atoms with Gasteiger partial charge in [0.25, 0.3) is 0 Å². The van der Waals surface area contributed by atoms with E-state index < -0.39 is 12.6 Å². The second kappa shape index (κ2) is 7.65. The fourth-order valence-corrected chi connectivity index (χ4v) is 2.18. The van der Waals surface area contributed by atoms with Gasteiger partial charge in [0, 0.05) is 5.56 Å². The summed E-state index contributed by atoms with van der Waals surface area (Å²) in [5, 5.41) is 0.319. The van der Waals surface area contributed by atoms with E-state index in [1.165, 1.54) is 26.4 Å². The molecule has 23 heavy (non-hydrogen) atoms. The van der Waals surface area contributed by atoms with Crippen molar-refractivity contribution < 1.29 is 23.8 Å². The molecule has 0 aromatic heterocycles. The molecule has 6 heteroatoms. The Morgan fingerprint density at radius 3 is 2.35 bits per heavy atom. The van der Waals surface area contributed by atoms with Crippen molar-refractivity contribution in [3.63, 3.8) is 0 Å². The number of carbonyl (C=O) groups excluding carboxylic acids is 2. The molecule has 0 saturated heterocycles. The standard InChI is InChI=1S/C17H15ClO5/c1-21-15-8-7-11(9-16(15)22-2)17(20)23-10-14(19)12-5-3-4-6-13(12)18/h3-9H,10H2,1-2H3. The van der Waals surface area contributed by atoms with E-state index in [0.29, 0.717) is 22.1 Å². The van der Waals surface area contributed by atoms with Gasteiger partial charge in [0.2, 0.25) is 5.78 Å². The number of ketones is 1. The van der Waals surface area contributed by atoms with E-state index in [1.807, 2.05) is 0 Å². The molecule has 0 aliphatic heterocycles. The quantitative estimate of drug-likeness (QED) is 0.598. The zero-order valence-electron chi connectivity index (χ0n) is 12.7. The van der Waals surface area contributed by atoms with Crippen LogP contribution in [0.4, 0.5) is 0 Å². The van der Waals surface area contributed by atoms with Gasteiger partial charge in [-0.1, -0.05) is 23.7 Å². The summed E-state index contributed by atoms with van der Waals surface area (Å²) >= 11 is 5.93. The molecule has 0 amide bonds. The summed E-state index contributed by atoms with van der Waals surface area (Å²) in [5.41, 5.74) is 0.573. The lowest BCUT2D eigenvalue weighted by molar-refractivity contribution is 0.0474. The molecule has 0 spiro atoms. The summed E-state index contributed by atoms with van der Waals surface area (Å²) < 4.78 is 15.2. The molecule has 2 aromatic rings. The lowest BCUT2D eigenvalue weighted by atomic mass is 10.1. The van der Waals surface area contributed by atoms with Crippen LogP contribution in [0.1, 0.15) is 20.7 Å². The van der Waals surface area contributed by atoms with Gasteiger partial charge in [-0.2, -0.15) is 0 Å². The van der Waals surface area contributed by atoms with Gasteiger partial charge < -0.3 is 14.2 Å². The van der Waals surface area contributed by atoms with Crippen LogP contribution in [-0.4, -0.2) is 32.6 Å². The van der Waals surface area contributed by atoms with Gasteiger partial charge >= 0.3 is 5.97 Å². The fraction of sp³-hybridized carbons (Fsp3) is 0.176. The number of ether oxygens (including phenoxy) is 3. The maximum atomic E-state index is 12.0. The van der Waals surface area contributed by atoms with Crippen molar-refractivity contribution in [2.45, 2.75) is 0 Å². The molecular weight excluding hydrogens is 320 g/mol. The van der Waals surface area contributed by atoms with Crippen LogP contribution in [0.15, 0.2) is 42.5 Å². The monoisotopic (exact) mass is 334 g/mol. The number of hydrogen-bond acceptors (Lipinski definition) is 5. The lowest BCUT2D eigenvalue weighted by Crippen LogP contribution is -2.14. The Hall–Kier alpha value is -2.53. The molecule has 0 aliphatic carbocycles. The first kappa shape index (κ1) is 16.8. The van der Waals surface area contributed by atoms with Crippen molar-refractivity contribution in [2.75, 3.05) is 20.8 Å². The van der Waals surface area contributed by atoms with Crippen molar-refractivity contribution in [2.24, 2.45) is 0 Å². The molecule has 0 fully saturated rings. The maximum absolute atomic E-state index is 12.0. The number of benzene rings is 2. The average Bonchev–Trinajstić information content (AvgIpc) is 2.59. The van der Waals surface area contributed by atoms with Gasteiger partial charge in [0.05, 0.1) is 24.8 Å². The van der Waals surface area contributed by atoms with Crippen molar-refractivity contribution in [1.82, 2.24) is 0 Å². The molecule has 2 rings (SSSR count). The summed E-state index contributed by atoms with van der Waals surface area (Å²) in [6.45, 7) is -0.392. The Morgan fingerprint density at radius 1 is 1.00 bits per heavy atom. The minimum atomic E-state index is -0.633. The number of halogens is 1. The summed E-state index contributed by atoms with van der Waals surface area (Å²) in [4.78, 5) is 24.0. The number of Topliss-reactive ketones (excluding diaryl/α,β-unsaturated/α-hetero) is 1. The van der Waals surface area contributed by atoms with Crippen molar-refractivity contribution >= 4 is 23.4 Å². The topological polar surface area (TPSA) is 61.8 Å². The van der Waals surface area contributed by atoms with E-state index in [9.17, 15) is 9.59 Å². The number of rotatable bonds is 6. The summed E-state index contributed by atoms with van der Waals surface area (Å²) in [7, 11) is 2.96. The Kier molecular flexibility index (Phi) is 5.60. The van der Waals surface area contributed by atoms with E-state index in [-0.39, 0.29) is 11.3 Å². The molecule has 0 aliphatic rings. The Labute approximate surface area is 138 Å². The third kappa shape index (κ3) is 4.02. The predicted octanol–water partition coefficient (Wildman–Crippen LogP) is 3.40. The van der Waals surface area contributed by atoms with E-state index in [2.05, 4.69) is 0 Å². The molecular formula is C17H15ClO5. The van der Waals surface area contributed by atoms with Gasteiger partial charge in [0.15, 0.2) is 18.1 Å². The second-order valence-corrected chi connectivity index (χ2v) is 4.96. The Bertz CT molecular complexity index is 727. The van der Waals surface area contributed by atoms with E-state index in [4.69, 9.17) is 25.8 Å². The number of esters is 1. The summed E-state index contributed by atoms with van der Waals surface area (Å²) in [6, 6.07) is 11.2. The van der Waals surface area contributed by atoms with Crippen molar-refractivity contribution in [3.8, 4) is 11.5 Å². The third-order valence-corrected chi connectivity index (χ3v) is 3.46. The molecule has 0 N–H and O–H groups in total. The van der Waals surface area contributed by atoms with E-state index >= 15 is 0 Å². The van der Waals surface area contributed by atoms with E-state index in [1.54, 1.807) is 30.3 Å². The van der Waals surface area contributed by atoms with Crippen LogP contribution in [0.5, 0.6) is 11.5 Å². The van der Waals surface area contributed by atoms with Gasteiger partial charge in [-0.25, -0.2) is 4.79 Å². The SMILES string of the molecule is COc1ccc(C(=O)OCC(=O)c2ccccc2Cl)cc1OC. The number of hydrogen-bond donors (Lipinski definition) is 0. The van der Waals surface area contributed by atoms with Crippen LogP contribution in [0.3, 0.4) is 0 Å². The van der Waals surface area contributed by atoms with Gasteiger partial charge in [-0.05, 0) is 30.3 Å². The smallest absolute Gasteiger partial charge is 0.338 e. The Morgan fingerprint density at radius 2 is 1.70 bits per heavy atom. The van der Waals surface area contributed by atoms with E-state index in [0.717, 1.165) is 0 Å². The molecule has 0 heterocycles. The normalized spacial score (nSPS) is 10.0. The minimum Gasteiger partial charge on any atom is -0.493 e.